The first kappa shape index (κ1) is 16.4. The van der Waals surface area contributed by atoms with Crippen LogP contribution in [0.1, 0.15) is 39.5 Å². The van der Waals surface area contributed by atoms with Gasteiger partial charge < -0.3 is 20.5 Å². The van der Waals surface area contributed by atoms with Crippen LogP contribution in [-0.2, 0) is 14.3 Å². The summed E-state index contributed by atoms with van der Waals surface area (Å²) in [5, 5.41) is 2.87. The second kappa shape index (κ2) is 8.51. The Morgan fingerprint density at radius 3 is 3.00 bits per heavy atom. The average Bonchev–Trinajstić information content (AvgIpc) is 2.86. The molecule has 1 aliphatic heterocycles. The van der Waals surface area contributed by atoms with Crippen LogP contribution in [0.2, 0.25) is 0 Å². The molecule has 0 bridgehead atoms. The number of carbonyl (C=O) groups is 1. The highest BCUT2D eigenvalue weighted by Gasteiger charge is 2.26. The van der Waals surface area contributed by atoms with E-state index >= 15 is 0 Å². The minimum absolute atomic E-state index is 0.0708. The summed E-state index contributed by atoms with van der Waals surface area (Å²) in [5.74, 6) is 0.477. The van der Waals surface area contributed by atoms with Crippen molar-refractivity contribution in [2.45, 2.75) is 45.1 Å². The number of rotatable bonds is 9. The zero-order valence-corrected chi connectivity index (χ0v) is 12.2. The van der Waals surface area contributed by atoms with Crippen molar-refractivity contribution in [3.63, 3.8) is 0 Å². The highest BCUT2D eigenvalue weighted by molar-refractivity contribution is 5.85. The fourth-order valence-electron chi connectivity index (χ4n) is 2.18. The van der Waals surface area contributed by atoms with Gasteiger partial charge in [0.2, 0.25) is 5.91 Å². The summed E-state index contributed by atoms with van der Waals surface area (Å²) in [5.41, 5.74) is 5.18. The second-order valence-electron chi connectivity index (χ2n) is 5.58. The van der Waals surface area contributed by atoms with Gasteiger partial charge in [-0.15, -0.1) is 0 Å². The van der Waals surface area contributed by atoms with E-state index in [4.69, 9.17) is 15.2 Å². The van der Waals surface area contributed by atoms with Crippen molar-refractivity contribution < 1.29 is 14.3 Å². The molecule has 1 saturated heterocycles. The molecule has 0 saturated carbocycles. The van der Waals surface area contributed by atoms with Crippen LogP contribution in [-0.4, -0.2) is 44.4 Å². The smallest absolute Gasteiger partial charge is 0.239 e. The molecule has 0 aromatic rings. The highest BCUT2D eigenvalue weighted by atomic mass is 16.5. The molecule has 1 aliphatic rings. The molecule has 2 unspecified atom stereocenters. The summed E-state index contributed by atoms with van der Waals surface area (Å²) in [6.45, 7) is 7.54. The van der Waals surface area contributed by atoms with Gasteiger partial charge in [-0.1, -0.05) is 13.3 Å². The van der Waals surface area contributed by atoms with Gasteiger partial charge in [-0.2, -0.15) is 0 Å². The van der Waals surface area contributed by atoms with Gasteiger partial charge in [0.05, 0.1) is 18.8 Å². The molecule has 0 aromatic heterocycles. The fourth-order valence-corrected chi connectivity index (χ4v) is 2.18. The van der Waals surface area contributed by atoms with Crippen molar-refractivity contribution in [2.24, 2.45) is 11.7 Å². The summed E-state index contributed by atoms with van der Waals surface area (Å²) in [6.07, 6.45) is 3.53. The molecule has 1 rings (SSSR count). The van der Waals surface area contributed by atoms with Gasteiger partial charge in [0.1, 0.15) is 0 Å². The predicted octanol–water partition coefficient (Wildman–Crippen LogP) is 1.06. The fraction of sp³-hybridized carbons (Fsp3) is 0.929. The highest BCUT2D eigenvalue weighted by Crippen LogP contribution is 2.12. The lowest BCUT2D eigenvalue weighted by molar-refractivity contribution is -0.126. The van der Waals surface area contributed by atoms with Crippen molar-refractivity contribution >= 4 is 5.91 Å². The van der Waals surface area contributed by atoms with Crippen molar-refractivity contribution in [2.75, 3.05) is 33.0 Å². The molecule has 0 aliphatic carbocycles. The van der Waals surface area contributed by atoms with E-state index in [0.717, 1.165) is 39.1 Å². The maximum Gasteiger partial charge on any atom is 0.239 e. The van der Waals surface area contributed by atoms with Crippen molar-refractivity contribution in [3.05, 3.63) is 0 Å². The van der Waals surface area contributed by atoms with E-state index in [2.05, 4.69) is 5.32 Å². The Bertz CT molecular complexity index is 263. The molecule has 1 heterocycles. The third-order valence-corrected chi connectivity index (χ3v) is 3.42. The molecular weight excluding hydrogens is 244 g/mol. The lowest BCUT2D eigenvalue weighted by Crippen LogP contribution is -2.51. The van der Waals surface area contributed by atoms with Crippen molar-refractivity contribution in [1.82, 2.24) is 5.32 Å². The molecule has 0 radical (unpaired) electrons. The molecule has 19 heavy (non-hydrogen) atoms. The van der Waals surface area contributed by atoms with Gasteiger partial charge >= 0.3 is 0 Å². The number of nitrogens with two attached hydrogens (primary N) is 1. The average molecular weight is 272 g/mol. The Morgan fingerprint density at radius 1 is 1.58 bits per heavy atom. The Hall–Kier alpha value is -0.650. The summed E-state index contributed by atoms with van der Waals surface area (Å²) in [4.78, 5) is 11.8. The third kappa shape index (κ3) is 6.36. The maximum absolute atomic E-state index is 11.8. The van der Waals surface area contributed by atoms with Crippen LogP contribution in [0.5, 0.6) is 0 Å². The van der Waals surface area contributed by atoms with E-state index in [1.54, 1.807) is 6.92 Å². The zero-order valence-electron chi connectivity index (χ0n) is 12.2. The van der Waals surface area contributed by atoms with Gasteiger partial charge in [-0.3, -0.25) is 4.79 Å². The van der Waals surface area contributed by atoms with Gasteiger partial charge in [0.25, 0.3) is 0 Å². The van der Waals surface area contributed by atoms with Gasteiger partial charge in [-0.25, -0.2) is 0 Å². The van der Waals surface area contributed by atoms with E-state index in [1.165, 1.54) is 0 Å². The molecular formula is C14H28N2O3. The number of ether oxygens (including phenoxy) is 2. The van der Waals surface area contributed by atoms with Crippen molar-refractivity contribution in [3.8, 4) is 0 Å². The molecule has 1 amide bonds. The van der Waals surface area contributed by atoms with E-state index in [1.807, 2.05) is 6.92 Å². The summed E-state index contributed by atoms with van der Waals surface area (Å²) < 4.78 is 10.8. The Labute approximate surface area is 116 Å². The van der Waals surface area contributed by atoms with Crippen LogP contribution < -0.4 is 11.1 Å². The summed E-state index contributed by atoms with van der Waals surface area (Å²) in [6, 6.07) is 0. The maximum atomic E-state index is 11.8. The normalized spacial score (nSPS) is 22.2. The number of hydrogen-bond acceptors (Lipinski definition) is 4. The second-order valence-corrected chi connectivity index (χ2v) is 5.58. The van der Waals surface area contributed by atoms with E-state index < -0.39 is 5.54 Å². The van der Waals surface area contributed by atoms with Crippen LogP contribution in [0.3, 0.4) is 0 Å². The summed E-state index contributed by atoms with van der Waals surface area (Å²) in [7, 11) is 0. The first-order valence-electron chi connectivity index (χ1n) is 7.29. The van der Waals surface area contributed by atoms with Gasteiger partial charge in [0.15, 0.2) is 0 Å². The van der Waals surface area contributed by atoms with Crippen LogP contribution in [0.4, 0.5) is 0 Å². The molecule has 1 fully saturated rings. The van der Waals surface area contributed by atoms with Crippen LogP contribution in [0, 0.1) is 5.92 Å². The Balaban J connectivity index is 1.99. The van der Waals surface area contributed by atoms with Crippen LogP contribution in [0.25, 0.3) is 0 Å². The molecule has 112 valence electrons. The molecule has 5 heteroatoms. The minimum atomic E-state index is -0.753. The van der Waals surface area contributed by atoms with Crippen LogP contribution >= 0.6 is 0 Å². The first-order chi connectivity index (χ1) is 9.06. The standard InChI is InChI=1S/C14H28N2O3/c1-3-6-14(2,15)13(17)16-7-4-8-18-10-12-5-9-19-11-12/h12H,3-11,15H2,1-2H3,(H,16,17). The van der Waals surface area contributed by atoms with Gasteiger partial charge in [0, 0.05) is 25.7 Å². The largest absolute Gasteiger partial charge is 0.381 e. The summed E-state index contributed by atoms with van der Waals surface area (Å²) >= 11 is 0. The van der Waals surface area contributed by atoms with Crippen LogP contribution in [0.15, 0.2) is 0 Å². The number of nitrogens with one attached hydrogen (secondary N) is 1. The van der Waals surface area contributed by atoms with E-state index in [-0.39, 0.29) is 5.91 Å². The Kier molecular flexibility index (Phi) is 7.34. The molecule has 3 N–H and O–H groups in total. The molecule has 2 atom stereocenters. The topological polar surface area (TPSA) is 73.6 Å². The van der Waals surface area contributed by atoms with E-state index in [9.17, 15) is 4.79 Å². The molecule has 0 aromatic carbocycles. The van der Waals surface area contributed by atoms with Gasteiger partial charge in [-0.05, 0) is 26.2 Å². The Morgan fingerprint density at radius 2 is 2.37 bits per heavy atom. The minimum Gasteiger partial charge on any atom is -0.381 e. The third-order valence-electron chi connectivity index (χ3n) is 3.42. The zero-order chi connectivity index (χ0) is 14.1. The monoisotopic (exact) mass is 272 g/mol. The molecule has 0 spiro atoms. The molecule has 5 nitrogen and oxygen atoms in total. The first-order valence-corrected chi connectivity index (χ1v) is 7.29. The number of carbonyl (C=O) groups excluding carboxylic acids is 1. The lowest BCUT2D eigenvalue weighted by Gasteiger charge is -2.22. The quantitative estimate of drug-likeness (QED) is 0.616. The van der Waals surface area contributed by atoms with E-state index in [0.29, 0.717) is 25.5 Å². The lowest BCUT2D eigenvalue weighted by atomic mass is 9.96. The predicted molar refractivity (Wildman–Crippen MR) is 74.9 cm³/mol. The number of hydrogen-bond donors (Lipinski definition) is 2. The van der Waals surface area contributed by atoms with Crippen molar-refractivity contribution in [1.29, 1.82) is 0 Å². The SMILES string of the molecule is CCCC(C)(N)C(=O)NCCCOCC1CCOC1. The number of amides is 1.